The van der Waals surface area contributed by atoms with Gasteiger partial charge in [0, 0.05) is 18.8 Å². The standard InChI is InChI=1S/C17H21N3.CH4N2O/c1-4-14-6-5-7-17(20(3)18)16(14)11-10-15-9-8-13(2)12-19-15;2-3-1-4/h5-12H,4,18H2,1-3H3;1H,2H2,(H,3,4)/b11-10+;. The van der Waals surface area contributed by atoms with Crippen molar-refractivity contribution in [1.82, 2.24) is 10.4 Å². The minimum Gasteiger partial charge on any atom is -0.314 e. The highest BCUT2D eigenvalue weighted by Gasteiger charge is 2.06. The van der Waals surface area contributed by atoms with Crippen LogP contribution in [0.4, 0.5) is 5.69 Å². The van der Waals surface area contributed by atoms with Crippen LogP contribution in [0.5, 0.6) is 0 Å². The van der Waals surface area contributed by atoms with Crippen molar-refractivity contribution in [2.24, 2.45) is 11.7 Å². The SMILES string of the molecule is CCc1cccc(N(C)N)c1/C=C/c1ccc(C)cn1.NNC=O. The number of hydrazine groups is 2. The van der Waals surface area contributed by atoms with E-state index in [1.807, 2.05) is 44.4 Å². The zero-order valence-corrected chi connectivity index (χ0v) is 14.4. The monoisotopic (exact) mass is 327 g/mol. The molecule has 0 saturated heterocycles. The topological polar surface area (TPSA) is 97.3 Å². The van der Waals surface area contributed by atoms with Crippen molar-refractivity contribution >= 4 is 24.2 Å². The Kier molecular flexibility index (Phi) is 8.18. The molecule has 0 aliphatic carbocycles. The number of hydrogen-bond donors (Lipinski definition) is 3. The zero-order chi connectivity index (χ0) is 17.9. The second kappa shape index (κ2) is 10.1. The molecule has 128 valence electrons. The summed E-state index contributed by atoms with van der Waals surface area (Å²) < 4.78 is 0. The molecule has 0 saturated carbocycles. The van der Waals surface area contributed by atoms with Crippen LogP contribution in [0.1, 0.15) is 29.3 Å². The highest BCUT2D eigenvalue weighted by Crippen LogP contribution is 2.24. The van der Waals surface area contributed by atoms with Crippen molar-refractivity contribution < 1.29 is 4.79 Å². The van der Waals surface area contributed by atoms with Gasteiger partial charge in [-0.05, 0) is 42.7 Å². The molecule has 1 heterocycles. The Morgan fingerprint density at radius 1 is 1.25 bits per heavy atom. The lowest BCUT2D eigenvalue weighted by molar-refractivity contribution is -0.109. The van der Waals surface area contributed by atoms with Gasteiger partial charge in [-0.1, -0.05) is 31.2 Å². The van der Waals surface area contributed by atoms with E-state index >= 15 is 0 Å². The molecule has 0 bridgehead atoms. The van der Waals surface area contributed by atoms with Gasteiger partial charge in [-0.15, -0.1) is 0 Å². The number of anilines is 1. The Morgan fingerprint density at radius 3 is 2.46 bits per heavy atom. The number of pyridine rings is 1. The third kappa shape index (κ3) is 5.83. The van der Waals surface area contributed by atoms with E-state index in [9.17, 15) is 0 Å². The van der Waals surface area contributed by atoms with E-state index < -0.39 is 0 Å². The van der Waals surface area contributed by atoms with E-state index in [1.165, 1.54) is 11.1 Å². The molecule has 0 aliphatic rings. The summed E-state index contributed by atoms with van der Waals surface area (Å²) in [5.74, 6) is 10.3. The molecule has 6 heteroatoms. The Bertz CT molecular complexity index is 666. The summed E-state index contributed by atoms with van der Waals surface area (Å²) in [5.41, 5.74) is 7.32. The lowest BCUT2D eigenvalue weighted by atomic mass is 10.0. The molecule has 0 atom stereocenters. The molecule has 24 heavy (non-hydrogen) atoms. The van der Waals surface area contributed by atoms with Gasteiger partial charge in [0.2, 0.25) is 6.41 Å². The van der Waals surface area contributed by atoms with Crippen LogP contribution in [0, 0.1) is 6.92 Å². The molecule has 0 aliphatic heterocycles. The molecule has 0 radical (unpaired) electrons. The zero-order valence-electron chi connectivity index (χ0n) is 14.4. The van der Waals surface area contributed by atoms with E-state index in [-0.39, 0.29) is 0 Å². The van der Waals surface area contributed by atoms with Gasteiger partial charge in [-0.25, -0.2) is 11.7 Å². The Morgan fingerprint density at radius 2 is 1.96 bits per heavy atom. The molecule has 0 fully saturated rings. The lowest BCUT2D eigenvalue weighted by Gasteiger charge is -2.17. The fourth-order valence-corrected chi connectivity index (χ4v) is 2.15. The second-order valence-electron chi connectivity index (χ2n) is 5.19. The summed E-state index contributed by atoms with van der Waals surface area (Å²) in [5, 5.41) is 1.65. The maximum atomic E-state index is 8.94. The summed E-state index contributed by atoms with van der Waals surface area (Å²) in [6, 6.07) is 10.3. The van der Waals surface area contributed by atoms with E-state index in [1.54, 1.807) is 10.4 Å². The summed E-state index contributed by atoms with van der Waals surface area (Å²) in [6.07, 6.45) is 7.38. The second-order valence-corrected chi connectivity index (χ2v) is 5.19. The predicted octanol–water partition coefficient (Wildman–Crippen LogP) is 2.04. The smallest absolute Gasteiger partial charge is 0.221 e. The number of carbonyl (C=O) groups excluding carboxylic acids is 1. The Labute approximate surface area is 143 Å². The van der Waals surface area contributed by atoms with Gasteiger partial charge >= 0.3 is 0 Å². The summed E-state index contributed by atoms with van der Waals surface area (Å²) in [4.78, 5) is 13.3. The maximum Gasteiger partial charge on any atom is 0.221 e. The first-order valence-electron chi connectivity index (χ1n) is 7.64. The van der Waals surface area contributed by atoms with Gasteiger partial charge < -0.3 is 5.01 Å². The quantitative estimate of drug-likeness (QED) is 0.338. The van der Waals surface area contributed by atoms with Crippen molar-refractivity contribution in [3.05, 3.63) is 58.9 Å². The van der Waals surface area contributed by atoms with Crippen LogP contribution in [-0.2, 0) is 11.2 Å². The fourth-order valence-electron chi connectivity index (χ4n) is 2.15. The fraction of sp³-hybridized carbons (Fsp3) is 0.222. The van der Waals surface area contributed by atoms with Crippen LogP contribution >= 0.6 is 0 Å². The minimum absolute atomic E-state index is 0.403. The largest absolute Gasteiger partial charge is 0.314 e. The number of nitrogens with zero attached hydrogens (tertiary/aromatic N) is 2. The highest BCUT2D eigenvalue weighted by molar-refractivity contribution is 5.78. The molecule has 2 rings (SSSR count). The van der Waals surface area contributed by atoms with Gasteiger partial charge in [-0.3, -0.25) is 15.2 Å². The van der Waals surface area contributed by atoms with Gasteiger partial charge in [0.25, 0.3) is 0 Å². The number of amides is 1. The molecule has 0 unspecified atom stereocenters. The normalized spacial score (nSPS) is 10.0. The minimum atomic E-state index is 0.403. The van der Waals surface area contributed by atoms with E-state index in [0.717, 1.165) is 23.4 Å². The van der Waals surface area contributed by atoms with Crippen LogP contribution in [0.2, 0.25) is 0 Å². The number of hydrogen-bond acceptors (Lipinski definition) is 5. The molecular formula is C18H25N5O. The third-order valence-corrected chi connectivity index (χ3v) is 3.36. The molecule has 1 aromatic carbocycles. The van der Waals surface area contributed by atoms with Crippen LogP contribution in [-0.4, -0.2) is 18.4 Å². The number of benzene rings is 1. The van der Waals surface area contributed by atoms with Crippen molar-refractivity contribution in [2.75, 3.05) is 12.1 Å². The maximum absolute atomic E-state index is 8.94. The average Bonchev–Trinajstić information content (AvgIpc) is 2.61. The summed E-state index contributed by atoms with van der Waals surface area (Å²) in [7, 11) is 1.86. The van der Waals surface area contributed by atoms with Crippen molar-refractivity contribution in [3.8, 4) is 0 Å². The van der Waals surface area contributed by atoms with Gasteiger partial charge in [0.15, 0.2) is 0 Å². The number of aryl methyl sites for hydroxylation is 2. The van der Waals surface area contributed by atoms with Gasteiger partial charge in [0.05, 0.1) is 11.4 Å². The van der Waals surface area contributed by atoms with Crippen LogP contribution in [0.25, 0.3) is 12.2 Å². The van der Waals surface area contributed by atoms with Crippen LogP contribution in [0.15, 0.2) is 36.5 Å². The molecule has 5 N–H and O–H groups in total. The van der Waals surface area contributed by atoms with Crippen molar-refractivity contribution in [1.29, 1.82) is 0 Å². The first-order chi connectivity index (χ1) is 11.5. The summed E-state index contributed by atoms with van der Waals surface area (Å²) in [6.45, 7) is 4.19. The first-order valence-corrected chi connectivity index (χ1v) is 7.64. The van der Waals surface area contributed by atoms with E-state index in [0.29, 0.717) is 6.41 Å². The number of rotatable bonds is 5. The van der Waals surface area contributed by atoms with Crippen molar-refractivity contribution in [2.45, 2.75) is 20.3 Å². The van der Waals surface area contributed by atoms with E-state index in [4.69, 9.17) is 10.6 Å². The number of aromatic nitrogens is 1. The molecule has 6 nitrogen and oxygen atoms in total. The van der Waals surface area contributed by atoms with Crippen molar-refractivity contribution in [3.63, 3.8) is 0 Å². The molecular weight excluding hydrogens is 302 g/mol. The molecule has 0 spiro atoms. The number of carbonyl (C=O) groups is 1. The van der Waals surface area contributed by atoms with Crippen LogP contribution < -0.4 is 22.1 Å². The first kappa shape index (κ1) is 19.3. The van der Waals surface area contributed by atoms with Gasteiger partial charge in [0.1, 0.15) is 0 Å². The Balaban J connectivity index is 0.000000648. The molecule has 1 aromatic heterocycles. The molecule has 1 amide bonds. The lowest BCUT2D eigenvalue weighted by Crippen LogP contribution is -2.26. The van der Waals surface area contributed by atoms with E-state index in [2.05, 4.69) is 36.0 Å². The highest BCUT2D eigenvalue weighted by atomic mass is 16.1. The number of nitrogens with two attached hydrogens (primary N) is 2. The van der Waals surface area contributed by atoms with Crippen LogP contribution in [0.3, 0.4) is 0 Å². The number of nitrogens with one attached hydrogen (secondary N) is 1. The predicted molar refractivity (Wildman–Crippen MR) is 99.7 cm³/mol. The third-order valence-electron chi connectivity index (χ3n) is 3.36. The van der Waals surface area contributed by atoms with Gasteiger partial charge in [-0.2, -0.15) is 0 Å². The summed E-state index contributed by atoms with van der Waals surface area (Å²) >= 11 is 0. The average molecular weight is 327 g/mol. The Hall–Kier alpha value is -2.70. The molecule has 2 aromatic rings.